The standard InChI is InChI=1S/C16H21N3O4/c20-14(21)7-4-8-17-16(23)19-11-9-18(10-12-19)15(22)13-5-2-1-3-6-13/h1-3,5-6H,4,7-12H2,(H,17,23)(H,20,21). The van der Waals surface area contributed by atoms with Crippen LogP contribution in [0.2, 0.25) is 0 Å². The van der Waals surface area contributed by atoms with Crippen LogP contribution in [-0.4, -0.2) is 65.5 Å². The molecule has 0 saturated carbocycles. The normalized spacial score (nSPS) is 14.4. The van der Waals surface area contributed by atoms with Gasteiger partial charge in [-0.15, -0.1) is 0 Å². The van der Waals surface area contributed by atoms with Crippen LogP contribution in [0.4, 0.5) is 4.79 Å². The van der Waals surface area contributed by atoms with Gasteiger partial charge in [-0.25, -0.2) is 4.79 Å². The van der Waals surface area contributed by atoms with Crippen molar-refractivity contribution < 1.29 is 19.5 Å². The molecule has 0 atom stereocenters. The first-order valence-electron chi connectivity index (χ1n) is 7.67. The molecule has 0 unspecified atom stereocenters. The lowest BCUT2D eigenvalue weighted by Gasteiger charge is -2.34. The van der Waals surface area contributed by atoms with Crippen LogP contribution >= 0.6 is 0 Å². The molecule has 7 nitrogen and oxygen atoms in total. The van der Waals surface area contributed by atoms with Crippen LogP contribution in [0.5, 0.6) is 0 Å². The summed E-state index contributed by atoms with van der Waals surface area (Å²) in [6, 6.07) is 8.88. The van der Waals surface area contributed by atoms with E-state index in [0.717, 1.165) is 0 Å². The van der Waals surface area contributed by atoms with Crippen LogP contribution < -0.4 is 5.32 Å². The van der Waals surface area contributed by atoms with E-state index in [1.54, 1.807) is 21.9 Å². The molecule has 2 N–H and O–H groups in total. The number of piperazine rings is 1. The molecule has 1 aromatic rings. The minimum absolute atomic E-state index is 0.0212. The highest BCUT2D eigenvalue weighted by atomic mass is 16.4. The van der Waals surface area contributed by atoms with Gasteiger partial charge in [0.05, 0.1) is 0 Å². The average Bonchev–Trinajstić information content (AvgIpc) is 2.58. The van der Waals surface area contributed by atoms with E-state index >= 15 is 0 Å². The number of nitrogens with zero attached hydrogens (tertiary/aromatic N) is 2. The SMILES string of the molecule is O=C(O)CCCNC(=O)N1CCN(C(=O)c2ccccc2)CC1. The second kappa shape index (κ2) is 8.17. The number of nitrogens with one attached hydrogen (secondary N) is 1. The number of carbonyl (C=O) groups excluding carboxylic acids is 2. The first kappa shape index (κ1) is 16.8. The number of carbonyl (C=O) groups is 3. The van der Waals surface area contributed by atoms with Crippen molar-refractivity contribution in [1.82, 2.24) is 15.1 Å². The first-order chi connectivity index (χ1) is 11.1. The summed E-state index contributed by atoms with van der Waals surface area (Å²) in [5, 5.41) is 11.2. The van der Waals surface area contributed by atoms with Crippen LogP contribution in [0.15, 0.2) is 30.3 Å². The number of carboxylic acids is 1. The van der Waals surface area contributed by atoms with Gasteiger partial charge < -0.3 is 20.2 Å². The van der Waals surface area contributed by atoms with Crippen molar-refractivity contribution in [1.29, 1.82) is 0 Å². The molecule has 1 fully saturated rings. The third-order valence-corrected chi connectivity index (χ3v) is 3.72. The van der Waals surface area contributed by atoms with Crippen molar-refractivity contribution in [2.24, 2.45) is 0 Å². The number of hydrogen-bond donors (Lipinski definition) is 2. The maximum atomic E-state index is 12.3. The van der Waals surface area contributed by atoms with Crippen LogP contribution in [0.1, 0.15) is 23.2 Å². The number of amides is 3. The predicted molar refractivity (Wildman–Crippen MR) is 84.2 cm³/mol. The molecule has 1 aliphatic rings. The Kier molecular flexibility index (Phi) is 5.96. The highest BCUT2D eigenvalue weighted by Gasteiger charge is 2.24. The fourth-order valence-electron chi connectivity index (χ4n) is 2.42. The molecule has 1 heterocycles. The number of hydrogen-bond acceptors (Lipinski definition) is 3. The largest absolute Gasteiger partial charge is 0.481 e. The highest BCUT2D eigenvalue weighted by Crippen LogP contribution is 2.08. The molecule has 7 heteroatoms. The Morgan fingerprint density at radius 3 is 2.22 bits per heavy atom. The van der Waals surface area contributed by atoms with Crippen molar-refractivity contribution in [2.75, 3.05) is 32.7 Å². The van der Waals surface area contributed by atoms with E-state index in [1.807, 2.05) is 18.2 Å². The molecular weight excluding hydrogens is 298 g/mol. The van der Waals surface area contributed by atoms with Crippen molar-refractivity contribution in [3.63, 3.8) is 0 Å². The molecule has 23 heavy (non-hydrogen) atoms. The minimum atomic E-state index is -0.868. The summed E-state index contributed by atoms with van der Waals surface area (Å²) >= 11 is 0. The summed E-state index contributed by atoms with van der Waals surface area (Å²) in [5.41, 5.74) is 0.652. The molecule has 1 saturated heterocycles. The van der Waals surface area contributed by atoms with Gasteiger partial charge in [-0.3, -0.25) is 9.59 Å². The van der Waals surface area contributed by atoms with Crippen LogP contribution in [0.25, 0.3) is 0 Å². The molecule has 124 valence electrons. The molecule has 0 radical (unpaired) electrons. The van der Waals surface area contributed by atoms with Gasteiger partial charge in [0, 0.05) is 44.7 Å². The molecule has 3 amide bonds. The van der Waals surface area contributed by atoms with Crippen LogP contribution in [0.3, 0.4) is 0 Å². The number of aliphatic carboxylic acids is 1. The van der Waals surface area contributed by atoms with Gasteiger partial charge in [0.25, 0.3) is 5.91 Å². The van der Waals surface area contributed by atoms with E-state index in [0.29, 0.717) is 44.7 Å². The summed E-state index contributed by atoms with van der Waals surface area (Å²) in [7, 11) is 0. The topological polar surface area (TPSA) is 89.9 Å². The zero-order valence-corrected chi connectivity index (χ0v) is 12.9. The lowest BCUT2D eigenvalue weighted by molar-refractivity contribution is -0.137. The maximum Gasteiger partial charge on any atom is 0.317 e. The van der Waals surface area contributed by atoms with E-state index in [2.05, 4.69) is 5.32 Å². The van der Waals surface area contributed by atoms with Crippen LogP contribution in [-0.2, 0) is 4.79 Å². The second-order valence-electron chi connectivity index (χ2n) is 5.37. The van der Waals surface area contributed by atoms with Gasteiger partial charge in [0.1, 0.15) is 0 Å². The van der Waals surface area contributed by atoms with Gasteiger partial charge in [-0.2, -0.15) is 0 Å². The second-order valence-corrected chi connectivity index (χ2v) is 5.37. The van der Waals surface area contributed by atoms with Gasteiger partial charge in [0.15, 0.2) is 0 Å². The summed E-state index contributed by atoms with van der Waals surface area (Å²) in [6.07, 6.45) is 0.452. The fourth-order valence-corrected chi connectivity index (χ4v) is 2.42. The Morgan fingerprint density at radius 2 is 1.61 bits per heavy atom. The minimum Gasteiger partial charge on any atom is -0.481 e. The molecular formula is C16H21N3O4. The third kappa shape index (κ3) is 4.98. The highest BCUT2D eigenvalue weighted by molar-refractivity contribution is 5.94. The van der Waals surface area contributed by atoms with Crippen molar-refractivity contribution >= 4 is 17.9 Å². The number of rotatable bonds is 5. The van der Waals surface area contributed by atoms with Gasteiger partial charge in [-0.1, -0.05) is 18.2 Å². The third-order valence-electron chi connectivity index (χ3n) is 3.72. The average molecular weight is 319 g/mol. The molecule has 0 aromatic heterocycles. The smallest absolute Gasteiger partial charge is 0.317 e. The molecule has 1 aromatic carbocycles. The molecule has 0 spiro atoms. The Bertz CT molecular complexity index is 554. The zero-order chi connectivity index (χ0) is 16.7. The summed E-state index contributed by atoms with van der Waals surface area (Å²) in [4.78, 5) is 38.0. The van der Waals surface area contributed by atoms with E-state index in [4.69, 9.17) is 5.11 Å². The van der Waals surface area contributed by atoms with Crippen molar-refractivity contribution in [2.45, 2.75) is 12.8 Å². The van der Waals surface area contributed by atoms with Gasteiger partial charge in [0.2, 0.25) is 0 Å². The fraction of sp³-hybridized carbons (Fsp3) is 0.438. The summed E-state index contributed by atoms with van der Waals surface area (Å²) < 4.78 is 0. The van der Waals surface area contributed by atoms with Gasteiger partial charge >= 0.3 is 12.0 Å². The van der Waals surface area contributed by atoms with Crippen LogP contribution in [0, 0.1) is 0 Å². The zero-order valence-electron chi connectivity index (χ0n) is 12.9. The van der Waals surface area contributed by atoms with Crippen molar-refractivity contribution in [3.05, 3.63) is 35.9 Å². The molecule has 0 aliphatic carbocycles. The van der Waals surface area contributed by atoms with E-state index in [9.17, 15) is 14.4 Å². The predicted octanol–water partition coefficient (Wildman–Crippen LogP) is 1.02. The Labute approximate surface area is 134 Å². The molecule has 0 bridgehead atoms. The summed E-state index contributed by atoms with van der Waals surface area (Å²) in [6.45, 7) is 2.29. The first-order valence-corrected chi connectivity index (χ1v) is 7.67. The lowest BCUT2D eigenvalue weighted by atomic mass is 10.2. The van der Waals surface area contributed by atoms with E-state index < -0.39 is 5.97 Å². The van der Waals surface area contributed by atoms with Gasteiger partial charge in [-0.05, 0) is 18.6 Å². The Morgan fingerprint density at radius 1 is 1.00 bits per heavy atom. The maximum absolute atomic E-state index is 12.3. The number of carboxylic acid groups (broad SMARTS) is 1. The number of benzene rings is 1. The number of urea groups is 1. The monoisotopic (exact) mass is 319 g/mol. The molecule has 1 aliphatic heterocycles. The Balaban J connectivity index is 1.74. The molecule has 2 rings (SSSR count). The quantitative estimate of drug-likeness (QED) is 0.793. The summed E-state index contributed by atoms with van der Waals surface area (Å²) in [5.74, 6) is -0.889. The van der Waals surface area contributed by atoms with Crippen molar-refractivity contribution in [3.8, 4) is 0 Å². The van der Waals surface area contributed by atoms with E-state index in [1.165, 1.54) is 0 Å². The lowest BCUT2D eigenvalue weighted by Crippen LogP contribution is -2.53. The Hall–Kier alpha value is -2.57. The van der Waals surface area contributed by atoms with E-state index in [-0.39, 0.29) is 18.4 Å².